The summed E-state index contributed by atoms with van der Waals surface area (Å²) in [5.41, 5.74) is 0. The lowest BCUT2D eigenvalue weighted by Gasteiger charge is -1.73. The van der Waals surface area contributed by atoms with Crippen LogP contribution in [0.25, 0.3) is 6.08 Å². The van der Waals surface area contributed by atoms with E-state index in [9.17, 15) is 4.79 Å². The molecule has 1 rings (SSSR count). The number of nitrogens with zero attached hydrogens (tertiary/aromatic N) is 1. The molecule has 0 saturated carbocycles. The molecule has 3 nitrogen and oxygen atoms in total. The predicted molar refractivity (Wildman–Crippen MR) is 31.6 cm³/mol. The van der Waals surface area contributed by atoms with Crippen LogP contribution in [0, 0.1) is 0 Å². The zero-order valence-electron chi connectivity index (χ0n) is 4.65. The number of aldehydes is 1. The van der Waals surface area contributed by atoms with Crippen molar-refractivity contribution in [3.05, 3.63) is 24.1 Å². The fourth-order valence-electron chi connectivity index (χ4n) is 0.446. The number of allylic oxidation sites excluding steroid dienone is 1. The Morgan fingerprint density at radius 3 is 3.11 bits per heavy atom. The highest BCUT2D eigenvalue weighted by Crippen LogP contribution is 1.97. The summed E-state index contributed by atoms with van der Waals surface area (Å²) < 4.78 is 4.64. The maximum Gasteiger partial charge on any atom is 0.159 e. The third-order valence-electron chi connectivity index (χ3n) is 0.797. The zero-order chi connectivity index (χ0) is 6.53. The van der Waals surface area contributed by atoms with Gasteiger partial charge in [-0.05, 0) is 12.2 Å². The fraction of sp³-hybridized carbons (Fsp3) is 0. The minimum absolute atomic E-state index is 0.585. The lowest BCUT2D eigenvalue weighted by molar-refractivity contribution is -0.104. The lowest BCUT2D eigenvalue weighted by atomic mass is 10.4. The first-order chi connectivity index (χ1) is 4.43. The number of rotatable bonds is 2. The van der Waals surface area contributed by atoms with Gasteiger partial charge in [0, 0.05) is 6.07 Å². The van der Waals surface area contributed by atoms with Crippen LogP contribution in [0.2, 0.25) is 0 Å². The van der Waals surface area contributed by atoms with Gasteiger partial charge in [-0.1, -0.05) is 5.16 Å². The van der Waals surface area contributed by atoms with Crippen molar-refractivity contribution in [3.8, 4) is 0 Å². The minimum atomic E-state index is 0.585. The second-order valence-electron chi connectivity index (χ2n) is 1.41. The Balaban J connectivity index is 2.67. The van der Waals surface area contributed by atoms with Crippen molar-refractivity contribution in [3.63, 3.8) is 0 Å². The summed E-state index contributed by atoms with van der Waals surface area (Å²) in [6, 6.07) is 1.67. The second kappa shape index (κ2) is 2.81. The molecule has 0 spiro atoms. The zero-order valence-corrected chi connectivity index (χ0v) is 4.65. The largest absolute Gasteiger partial charge is 0.357 e. The Morgan fingerprint density at radius 2 is 2.56 bits per heavy atom. The Labute approximate surface area is 52.0 Å². The first-order valence-electron chi connectivity index (χ1n) is 2.46. The number of aromatic nitrogens is 1. The Morgan fingerprint density at radius 1 is 1.67 bits per heavy atom. The third kappa shape index (κ3) is 1.53. The smallest absolute Gasteiger partial charge is 0.159 e. The standard InChI is InChI=1S/C6H5NO2/c8-5-1-2-6-3-4-7-9-6/h1-5H. The van der Waals surface area contributed by atoms with E-state index in [2.05, 4.69) is 9.68 Å². The van der Waals surface area contributed by atoms with Crippen LogP contribution in [0.5, 0.6) is 0 Å². The molecule has 3 heteroatoms. The highest BCUT2D eigenvalue weighted by atomic mass is 16.5. The Kier molecular flexibility index (Phi) is 1.80. The molecule has 0 aromatic carbocycles. The van der Waals surface area contributed by atoms with E-state index in [1.807, 2.05) is 0 Å². The molecule has 46 valence electrons. The molecule has 0 atom stereocenters. The van der Waals surface area contributed by atoms with Gasteiger partial charge in [0.15, 0.2) is 5.76 Å². The van der Waals surface area contributed by atoms with E-state index in [1.54, 1.807) is 12.1 Å². The van der Waals surface area contributed by atoms with E-state index < -0.39 is 0 Å². The van der Waals surface area contributed by atoms with Crippen molar-refractivity contribution in [1.82, 2.24) is 5.16 Å². The van der Waals surface area contributed by atoms with Gasteiger partial charge in [0.2, 0.25) is 0 Å². The average molecular weight is 123 g/mol. The van der Waals surface area contributed by atoms with Gasteiger partial charge < -0.3 is 4.52 Å². The molecule has 0 amide bonds. The van der Waals surface area contributed by atoms with Crippen molar-refractivity contribution < 1.29 is 9.32 Å². The van der Waals surface area contributed by atoms with Gasteiger partial charge in [-0.2, -0.15) is 0 Å². The van der Waals surface area contributed by atoms with E-state index >= 15 is 0 Å². The van der Waals surface area contributed by atoms with E-state index in [0.717, 1.165) is 0 Å². The number of hydrogen-bond donors (Lipinski definition) is 0. The summed E-state index contributed by atoms with van der Waals surface area (Å²) >= 11 is 0. The summed E-state index contributed by atoms with van der Waals surface area (Å²) in [5.74, 6) is 0.585. The topological polar surface area (TPSA) is 43.1 Å². The minimum Gasteiger partial charge on any atom is -0.357 e. The molecule has 0 fully saturated rings. The first kappa shape index (κ1) is 5.75. The summed E-state index contributed by atoms with van der Waals surface area (Å²) in [6.07, 6.45) is 5.09. The summed E-state index contributed by atoms with van der Waals surface area (Å²) in [5, 5.41) is 3.43. The quantitative estimate of drug-likeness (QED) is 0.433. The molecule has 0 aliphatic rings. The highest BCUT2D eigenvalue weighted by molar-refractivity contribution is 5.72. The van der Waals surface area contributed by atoms with Crippen LogP contribution in [-0.2, 0) is 4.79 Å². The lowest BCUT2D eigenvalue weighted by Crippen LogP contribution is -1.61. The molecule has 0 unspecified atom stereocenters. The van der Waals surface area contributed by atoms with Crippen molar-refractivity contribution in [1.29, 1.82) is 0 Å². The van der Waals surface area contributed by atoms with Gasteiger partial charge in [-0.15, -0.1) is 0 Å². The van der Waals surface area contributed by atoms with Crippen LogP contribution in [-0.4, -0.2) is 11.4 Å². The number of carbonyl (C=O) groups is 1. The van der Waals surface area contributed by atoms with Crippen molar-refractivity contribution in [2.24, 2.45) is 0 Å². The molecule has 0 N–H and O–H groups in total. The Hall–Kier alpha value is -1.38. The molecular formula is C6H5NO2. The van der Waals surface area contributed by atoms with Crippen LogP contribution < -0.4 is 0 Å². The van der Waals surface area contributed by atoms with Crippen molar-refractivity contribution >= 4 is 12.4 Å². The van der Waals surface area contributed by atoms with Gasteiger partial charge in [0.1, 0.15) is 6.29 Å². The van der Waals surface area contributed by atoms with Crippen molar-refractivity contribution in [2.45, 2.75) is 0 Å². The van der Waals surface area contributed by atoms with E-state index in [0.29, 0.717) is 12.0 Å². The SMILES string of the molecule is O=CC=Cc1ccno1. The average Bonchev–Trinajstić information content (AvgIpc) is 2.34. The normalized spacial score (nSPS) is 10.2. The second-order valence-corrected chi connectivity index (χ2v) is 1.41. The van der Waals surface area contributed by atoms with Gasteiger partial charge >= 0.3 is 0 Å². The summed E-state index contributed by atoms with van der Waals surface area (Å²) in [4.78, 5) is 9.75. The molecule has 1 heterocycles. The molecule has 0 aliphatic carbocycles. The first-order valence-corrected chi connectivity index (χ1v) is 2.46. The van der Waals surface area contributed by atoms with Gasteiger partial charge in [-0.25, -0.2) is 0 Å². The molecule has 0 radical (unpaired) electrons. The van der Waals surface area contributed by atoms with Crippen LogP contribution in [0.3, 0.4) is 0 Å². The summed E-state index contributed by atoms with van der Waals surface area (Å²) in [6.45, 7) is 0. The van der Waals surface area contributed by atoms with Gasteiger partial charge in [0.25, 0.3) is 0 Å². The maximum atomic E-state index is 9.75. The van der Waals surface area contributed by atoms with E-state index in [1.165, 1.54) is 12.3 Å². The highest BCUT2D eigenvalue weighted by Gasteiger charge is 1.85. The Bertz CT molecular complexity index is 201. The number of hydrogen-bond acceptors (Lipinski definition) is 3. The third-order valence-corrected chi connectivity index (χ3v) is 0.797. The van der Waals surface area contributed by atoms with Crippen LogP contribution in [0.1, 0.15) is 5.76 Å². The van der Waals surface area contributed by atoms with Gasteiger partial charge in [0.05, 0.1) is 6.20 Å². The molecule has 0 bridgehead atoms. The van der Waals surface area contributed by atoms with Gasteiger partial charge in [-0.3, -0.25) is 4.79 Å². The molecule has 0 saturated heterocycles. The molecule has 1 aromatic rings. The van der Waals surface area contributed by atoms with E-state index in [4.69, 9.17) is 0 Å². The molecular weight excluding hydrogens is 118 g/mol. The monoisotopic (exact) mass is 123 g/mol. The van der Waals surface area contributed by atoms with Crippen LogP contribution in [0.15, 0.2) is 22.9 Å². The maximum absolute atomic E-state index is 9.75. The van der Waals surface area contributed by atoms with Crippen LogP contribution >= 0.6 is 0 Å². The van der Waals surface area contributed by atoms with Crippen molar-refractivity contribution in [2.75, 3.05) is 0 Å². The molecule has 0 aliphatic heterocycles. The molecule has 9 heavy (non-hydrogen) atoms. The van der Waals surface area contributed by atoms with Crippen LogP contribution in [0.4, 0.5) is 0 Å². The molecule has 1 aromatic heterocycles. The fourth-order valence-corrected chi connectivity index (χ4v) is 0.446. The predicted octanol–water partition coefficient (Wildman–Crippen LogP) is 0.887. The summed E-state index contributed by atoms with van der Waals surface area (Å²) in [7, 11) is 0. The van der Waals surface area contributed by atoms with E-state index in [-0.39, 0.29) is 0 Å². The number of carbonyl (C=O) groups excluding carboxylic acids is 1.